The number of carboxylic acids is 1. The summed E-state index contributed by atoms with van der Waals surface area (Å²) in [4.78, 5) is 36.0. The van der Waals surface area contributed by atoms with E-state index in [1.54, 1.807) is 18.7 Å². The third kappa shape index (κ3) is 7.76. The molecule has 6 heteroatoms. The fourth-order valence-electron chi connectivity index (χ4n) is 2.00. The molecule has 0 rings (SSSR count). The molecule has 0 unspecified atom stereocenters. The first-order chi connectivity index (χ1) is 9.21. The number of nitrogens with one attached hydrogen (secondary N) is 1. The number of hydrogen-bond donors (Lipinski definition) is 2. The van der Waals surface area contributed by atoms with Crippen LogP contribution in [-0.2, 0) is 9.59 Å². The molecule has 3 amide bonds. The van der Waals surface area contributed by atoms with Crippen molar-refractivity contribution in [1.82, 2.24) is 10.2 Å². The summed E-state index contributed by atoms with van der Waals surface area (Å²) in [5.41, 5.74) is -0.670. The monoisotopic (exact) mass is 286 g/mol. The Morgan fingerprint density at radius 2 is 1.55 bits per heavy atom. The van der Waals surface area contributed by atoms with Gasteiger partial charge in [-0.1, -0.05) is 27.7 Å². The minimum Gasteiger partial charge on any atom is -0.481 e. The lowest BCUT2D eigenvalue weighted by molar-refractivity contribution is -0.139. The first kappa shape index (κ1) is 18.4. The fourth-order valence-corrected chi connectivity index (χ4v) is 2.00. The van der Waals surface area contributed by atoms with Crippen LogP contribution in [0.25, 0.3) is 0 Å². The molecule has 6 nitrogen and oxygen atoms in total. The normalized spacial score (nSPS) is 11.0. The number of nitrogens with zero attached hydrogens (tertiary/aromatic N) is 1. The molecule has 0 spiro atoms. The lowest BCUT2D eigenvalue weighted by Gasteiger charge is -2.24. The van der Waals surface area contributed by atoms with Crippen molar-refractivity contribution in [2.45, 2.75) is 53.4 Å². The largest absolute Gasteiger partial charge is 0.481 e. The molecule has 0 aromatic carbocycles. The highest BCUT2D eigenvalue weighted by Gasteiger charge is 2.26. The molecule has 0 aromatic rings. The summed E-state index contributed by atoms with van der Waals surface area (Å²) in [6.45, 7) is 8.53. The summed E-state index contributed by atoms with van der Waals surface area (Å²) < 4.78 is 0. The maximum Gasteiger partial charge on any atom is 0.324 e. The number of hydrogen-bond acceptors (Lipinski definition) is 3. The van der Waals surface area contributed by atoms with Crippen molar-refractivity contribution >= 4 is 17.9 Å². The minimum atomic E-state index is -0.951. The van der Waals surface area contributed by atoms with Crippen molar-refractivity contribution in [1.29, 1.82) is 0 Å². The van der Waals surface area contributed by atoms with Gasteiger partial charge in [-0.3, -0.25) is 14.9 Å². The van der Waals surface area contributed by atoms with Crippen molar-refractivity contribution in [3.63, 3.8) is 0 Å². The molecule has 0 aromatic heterocycles. The molecule has 0 fully saturated rings. The number of aliphatic carboxylic acids is 1. The quantitative estimate of drug-likeness (QED) is 0.716. The molecule has 20 heavy (non-hydrogen) atoms. The molecule has 0 aliphatic carbocycles. The van der Waals surface area contributed by atoms with E-state index < -0.39 is 23.3 Å². The summed E-state index contributed by atoms with van der Waals surface area (Å²) in [7, 11) is 0. The number of amides is 3. The van der Waals surface area contributed by atoms with Gasteiger partial charge in [-0.2, -0.15) is 0 Å². The summed E-state index contributed by atoms with van der Waals surface area (Å²) in [6.07, 6.45) is 1.55. The van der Waals surface area contributed by atoms with Crippen LogP contribution in [0.2, 0.25) is 0 Å². The Balaban J connectivity index is 4.43. The van der Waals surface area contributed by atoms with Crippen molar-refractivity contribution in [3.8, 4) is 0 Å². The number of carboxylic acid groups (broad SMARTS) is 1. The molecular weight excluding hydrogens is 260 g/mol. The van der Waals surface area contributed by atoms with E-state index in [0.29, 0.717) is 13.1 Å². The maximum atomic E-state index is 11.9. The van der Waals surface area contributed by atoms with Crippen molar-refractivity contribution < 1.29 is 19.5 Å². The van der Waals surface area contributed by atoms with Crippen LogP contribution in [0.3, 0.4) is 0 Å². The van der Waals surface area contributed by atoms with Crippen LogP contribution in [0.4, 0.5) is 4.79 Å². The first-order valence-corrected chi connectivity index (χ1v) is 7.02. The predicted octanol–water partition coefficient (Wildman–Crippen LogP) is 2.24. The number of imide groups is 1. The second kappa shape index (κ2) is 8.55. The van der Waals surface area contributed by atoms with E-state index in [9.17, 15) is 14.4 Å². The highest BCUT2D eigenvalue weighted by molar-refractivity contribution is 5.94. The lowest BCUT2D eigenvalue weighted by Crippen LogP contribution is -2.44. The van der Waals surface area contributed by atoms with Crippen LogP contribution < -0.4 is 5.32 Å². The molecule has 0 radical (unpaired) electrons. The third-order valence-electron chi connectivity index (χ3n) is 2.79. The van der Waals surface area contributed by atoms with Gasteiger partial charge >= 0.3 is 12.0 Å². The standard InChI is InChI=1S/C14H26N2O4/c1-5-7-16(8-6-2)13(20)15-11(17)9-14(3,4)10-12(18)19/h5-10H2,1-4H3,(H,18,19)(H,15,17,20). The van der Waals surface area contributed by atoms with Crippen LogP contribution in [0.15, 0.2) is 0 Å². The maximum absolute atomic E-state index is 11.9. The van der Waals surface area contributed by atoms with E-state index >= 15 is 0 Å². The van der Waals surface area contributed by atoms with Crippen molar-refractivity contribution in [2.24, 2.45) is 5.41 Å². The highest BCUT2D eigenvalue weighted by atomic mass is 16.4. The third-order valence-corrected chi connectivity index (χ3v) is 2.79. The van der Waals surface area contributed by atoms with E-state index in [2.05, 4.69) is 5.32 Å². The van der Waals surface area contributed by atoms with Gasteiger partial charge in [0.05, 0.1) is 6.42 Å². The Kier molecular flexibility index (Phi) is 7.87. The highest BCUT2D eigenvalue weighted by Crippen LogP contribution is 2.24. The van der Waals surface area contributed by atoms with E-state index in [4.69, 9.17) is 5.11 Å². The Morgan fingerprint density at radius 3 is 1.95 bits per heavy atom. The summed E-state index contributed by atoms with van der Waals surface area (Å²) in [6, 6.07) is -0.398. The molecule has 0 saturated heterocycles. The fraction of sp³-hybridized carbons (Fsp3) is 0.786. The Morgan fingerprint density at radius 1 is 1.05 bits per heavy atom. The summed E-state index contributed by atoms with van der Waals surface area (Å²) in [5, 5.41) is 11.1. The minimum absolute atomic E-state index is 0.0110. The number of urea groups is 1. The second-order valence-electron chi connectivity index (χ2n) is 5.75. The Labute approximate surface area is 120 Å². The molecule has 0 heterocycles. The second-order valence-corrected chi connectivity index (χ2v) is 5.75. The number of rotatable bonds is 8. The average molecular weight is 286 g/mol. The summed E-state index contributed by atoms with van der Waals surface area (Å²) in [5.74, 6) is -1.38. The first-order valence-electron chi connectivity index (χ1n) is 7.02. The molecule has 0 aliphatic heterocycles. The van der Waals surface area contributed by atoms with Gasteiger partial charge in [0.25, 0.3) is 0 Å². The number of carbonyl (C=O) groups is 3. The van der Waals surface area contributed by atoms with Gasteiger partial charge in [-0.05, 0) is 18.3 Å². The van der Waals surface area contributed by atoms with Crippen molar-refractivity contribution in [3.05, 3.63) is 0 Å². The van der Waals surface area contributed by atoms with Gasteiger partial charge in [-0.15, -0.1) is 0 Å². The van der Waals surface area contributed by atoms with E-state index in [1.807, 2.05) is 13.8 Å². The van der Waals surface area contributed by atoms with Crippen LogP contribution in [0.1, 0.15) is 53.4 Å². The smallest absolute Gasteiger partial charge is 0.324 e. The zero-order chi connectivity index (χ0) is 15.8. The Bertz CT molecular complexity index is 347. The molecule has 116 valence electrons. The molecule has 0 saturated carbocycles. The molecule has 0 atom stereocenters. The molecule has 2 N–H and O–H groups in total. The predicted molar refractivity (Wildman–Crippen MR) is 76.3 cm³/mol. The van der Waals surface area contributed by atoms with Gasteiger partial charge in [0.1, 0.15) is 0 Å². The van der Waals surface area contributed by atoms with Crippen molar-refractivity contribution in [2.75, 3.05) is 13.1 Å². The van der Waals surface area contributed by atoms with Gasteiger partial charge in [0.2, 0.25) is 5.91 Å². The van der Waals surface area contributed by atoms with E-state index in [1.165, 1.54) is 0 Å². The van der Waals surface area contributed by atoms with Gasteiger partial charge < -0.3 is 10.0 Å². The SMILES string of the molecule is CCCN(CCC)C(=O)NC(=O)CC(C)(C)CC(=O)O. The van der Waals surface area contributed by atoms with Crippen LogP contribution in [-0.4, -0.2) is 41.0 Å². The average Bonchev–Trinajstić information content (AvgIpc) is 2.25. The summed E-state index contributed by atoms with van der Waals surface area (Å²) >= 11 is 0. The van der Waals surface area contributed by atoms with Crippen LogP contribution in [0.5, 0.6) is 0 Å². The van der Waals surface area contributed by atoms with E-state index in [-0.39, 0.29) is 12.8 Å². The topological polar surface area (TPSA) is 86.7 Å². The lowest BCUT2D eigenvalue weighted by atomic mass is 9.85. The van der Waals surface area contributed by atoms with E-state index in [0.717, 1.165) is 12.8 Å². The Hall–Kier alpha value is -1.59. The molecule has 0 aliphatic rings. The zero-order valence-electron chi connectivity index (χ0n) is 12.9. The van der Waals surface area contributed by atoms with Gasteiger partial charge in [0.15, 0.2) is 0 Å². The molecule has 0 bridgehead atoms. The van der Waals surface area contributed by atoms with Gasteiger partial charge in [0, 0.05) is 19.5 Å². The zero-order valence-corrected chi connectivity index (χ0v) is 12.9. The van der Waals surface area contributed by atoms with Crippen LogP contribution >= 0.6 is 0 Å². The van der Waals surface area contributed by atoms with Crippen LogP contribution in [0, 0.1) is 5.41 Å². The number of carbonyl (C=O) groups excluding carboxylic acids is 2. The van der Waals surface area contributed by atoms with Gasteiger partial charge in [-0.25, -0.2) is 4.79 Å². The molecular formula is C14H26N2O4.